The summed E-state index contributed by atoms with van der Waals surface area (Å²) >= 11 is 0. The van der Waals surface area contributed by atoms with E-state index in [9.17, 15) is 29.3 Å². The maximum atomic E-state index is 13.1. The molecule has 2 N–H and O–H groups in total. The van der Waals surface area contributed by atoms with Gasteiger partial charge in [0, 0.05) is 17.8 Å². The average molecular weight is 530 g/mol. The van der Waals surface area contributed by atoms with Crippen molar-refractivity contribution in [3.05, 3.63) is 93.5 Å². The second kappa shape index (κ2) is 11.3. The molecule has 0 atom stereocenters. The quantitative estimate of drug-likeness (QED) is 0.194. The van der Waals surface area contributed by atoms with Gasteiger partial charge in [0.05, 0.1) is 17.7 Å². The number of hydrogen-bond donors (Lipinski definition) is 2. The molecule has 0 spiro atoms. The van der Waals surface area contributed by atoms with Crippen LogP contribution in [-0.4, -0.2) is 42.4 Å². The number of nitro groups is 1. The zero-order valence-corrected chi connectivity index (χ0v) is 20.8. The molecule has 0 aliphatic carbocycles. The Bertz CT molecular complexity index is 1510. The number of carbonyl (C=O) groups is 4. The predicted octanol–water partition coefficient (Wildman–Crippen LogP) is 3.60. The van der Waals surface area contributed by atoms with Crippen molar-refractivity contribution < 1.29 is 33.6 Å². The molecule has 1 heterocycles. The fourth-order valence-electron chi connectivity index (χ4n) is 3.74. The van der Waals surface area contributed by atoms with Crippen LogP contribution < -0.4 is 25.0 Å². The largest absolute Gasteiger partial charge is 0.493 e. The standard InChI is InChI=1S/C27H22N4O8/c1-16-4-3-5-18(12-16)28-24(32)15-39-22-11-6-17(14-23(22)38-2)13-21-25(33)29-27(35)30(26(21)34)19-7-9-20(10-8-19)31(36)37/h3-14H,15H2,1-2H3,(H,28,32)(H,29,33,35)/b21-13-. The summed E-state index contributed by atoms with van der Waals surface area (Å²) < 4.78 is 10.9. The SMILES string of the molecule is COc1cc(/C=C2/C(=O)NC(=O)N(c3ccc([N+](=O)[O-])cc3)C2=O)ccc1OCC(=O)Nc1cccc(C)c1. The lowest BCUT2D eigenvalue weighted by Gasteiger charge is -2.26. The zero-order valence-electron chi connectivity index (χ0n) is 20.8. The highest BCUT2D eigenvalue weighted by Gasteiger charge is 2.37. The number of nitrogens with zero attached hydrogens (tertiary/aromatic N) is 2. The van der Waals surface area contributed by atoms with Crippen LogP contribution in [0.3, 0.4) is 0 Å². The number of benzene rings is 3. The predicted molar refractivity (Wildman–Crippen MR) is 140 cm³/mol. The molecule has 3 aromatic rings. The second-order valence-electron chi connectivity index (χ2n) is 8.35. The molecule has 0 bridgehead atoms. The van der Waals surface area contributed by atoms with Crippen LogP contribution >= 0.6 is 0 Å². The molecule has 5 amide bonds. The van der Waals surface area contributed by atoms with E-state index in [0.717, 1.165) is 17.7 Å². The molecule has 39 heavy (non-hydrogen) atoms. The molecule has 198 valence electrons. The summed E-state index contributed by atoms with van der Waals surface area (Å²) in [5, 5.41) is 15.7. The zero-order chi connectivity index (χ0) is 28.1. The molecule has 12 heteroatoms. The van der Waals surface area contributed by atoms with Crippen LogP contribution in [0.1, 0.15) is 11.1 Å². The van der Waals surface area contributed by atoms with Crippen molar-refractivity contribution in [1.29, 1.82) is 0 Å². The highest BCUT2D eigenvalue weighted by molar-refractivity contribution is 6.39. The van der Waals surface area contributed by atoms with Gasteiger partial charge in [0.25, 0.3) is 23.4 Å². The highest BCUT2D eigenvalue weighted by atomic mass is 16.6. The third-order valence-corrected chi connectivity index (χ3v) is 5.58. The monoisotopic (exact) mass is 530 g/mol. The second-order valence-corrected chi connectivity index (χ2v) is 8.35. The summed E-state index contributed by atoms with van der Waals surface area (Å²) in [4.78, 5) is 61.2. The van der Waals surface area contributed by atoms with Gasteiger partial charge < -0.3 is 14.8 Å². The van der Waals surface area contributed by atoms with Crippen molar-refractivity contribution in [1.82, 2.24) is 5.32 Å². The van der Waals surface area contributed by atoms with E-state index in [1.165, 1.54) is 43.5 Å². The van der Waals surface area contributed by atoms with Gasteiger partial charge in [0.2, 0.25) is 0 Å². The highest BCUT2D eigenvalue weighted by Crippen LogP contribution is 2.30. The number of non-ortho nitro benzene ring substituents is 1. The van der Waals surface area contributed by atoms with Gasteiger partial charge in [-0.15, -0.1) is 0 Å². The number of rotatable bonds is 8. The minimum absolute atomic E-state index is 0.0479. The van der Waals surface area contributed by atoms with Crippen molar-refractivity contribution in [3.8, 4) is 11.5 Å². The van der Waals surface area contributed by atoms with Crippen molar-refractivity contribution in [2.45, 2.75) is 6.92 Å². The maximum absolute atomic E-state index is 13.1. The van der Waals surface area contributed by atoms with Crippen molar-refractivity contribution in [2.24, 2.45) is 0 Å². The first kappa shape index (κ1) is 26.5. The number of hydrogen-bond acceptors (Lipinski definition) is 8. The number of imide groups is 2. The molecule has 0 unspecified atom stereocenters. The lowest BCUT2D eigenvalue weighted by atomic mass is 10.1. The third-order valence-electron chi connectivity index (χ3n) is 5.58. The molecule has 12 nitrogen and oxygen atoms in total. The molecule has 0 aromatic heterocycles. The number of aryl methyl sites for hydroxylation is 1. The Hall–Kier alpha value is -5.52. The first-order valence-corrected chi connectivity index (χ1v) is 11.5. The Morgan fingerprint density at radius 3 is 2.46 bits per heavy atom. The number of urea groups is 1. The molecule has 3 aromatic carbocycles. The summed E-state index contributed by atoms with van der Waals surface area (Å²) in [6.45, 7) is 1.61. The average Bonchev–Trinajstić information content (AvgIpc) is 2.90. The molecule has 0 radical (unpaired) electrons. The summed E-state index contributed by atoms with van der Waals surface area (Å²) in [6.07, 6.45) is 1.26. The summed E-state index contributed by atoms with van der Waals surface area (Å²) in [7, 11) is 1.39. The van der Waals surface area contributed by atoms with Gasteiger partial charge in [0.15, 0.2) is 18.1 Å². The normalized spacial score (nSPS) is 14.2. The molecule has 1 aliphatic heterocycles. The summed E-state index contributed by atoms with van der Waals surface area (Å²) in [6, 6.07) is 15.6. The number of nitrogens with one attached hydrogen (secondary N) is 2. The number of ether oxygens (including phenoxy) is 2. The maximum Gasteiger partial charge on any atom is 0.335 e. The van der Waals surface area contributed by atoms with E-state index in [2.05, 4.69) is 10.6 Å². The van der Waals surface area contributed by atoms with E-state index in [0.29, 0.717) is 16.2 Å². The number of nitro benzene ring substituents is 1. The molecule has 0 saturated carbocycles. The summed E-state index contributed by atoms with van der Waals surface area (Å²) in [5.41, 5.74) is 1.48. The first-order valence-electron chi connectivity index (χ1n) is 11.5. The van der Waals surface area contributed by atoms with E-state index in [1.54, 1.807) is 6.07 Å². The number of methoxy groups -OCH3 is 1. The molecule has 1 aliphatic rings. The van der Waals surface area contributed by atoms with Gasteiger partial charge in [-0.2, -0.15) is 0 Å². The van der Waals surface area contributed by atoms with Gasteiger partial charge in [-0.3, -0.25) is 29.8 Å². The first-order chi connectivity index (χ1) is 18.7. The van der Waals surface area contributed by atoms with Gasteiger partial charge in [-0.1, -0.05) is 18.2 Å². The van der Waals surface area contributed by atoms with E-state index in [-0.39, 0.29) is 41.0 Å². The van der Waals surface area contributed by atoms with Crippen LogP contribution in [0.25, 0.3) is 6.08 Å². The van der Waals surface area contributed by atoms with E-state index >= 15 is 0 Å². The van der Waals surface area contributed by atoms with Crippen LogP contribution in [0, 0.1) is 17.0 Å². The Kier molecular flexibility index (Phi) is 7.66. The van der Waals surface area contributed by atoms with E-state index in [1.807, 2.05) is 25.1 Å². The van der Waals surface area contributed by atoms with Crippen molar-refractivity contribution in [2.75, 3.05) is 23.9 Å². The van der Waals surface area contributed by atoms with Gasteiger partial charge in [0.1, 0.15) is 5.57 Å². The lowest BCUT2D eigenvalue weighted by Crippen LogP contribution is -2.54. The third kappa shape index (κ3) is 6.07. The van der Waals surface area contributed by atoms with Crippen molar-refractivity contribution in [3.63, 3.8) is 0 Å². The van der Waals surface area contributed by atoms with Crippen LogP contribution in [-0.2, 0) is 14.4 Å². The smallest absolute Gasteiger partial charge is 0.335 e. The van der Waals surface area contributed by atoms with E-state index in [4.69, 9.17) is 9.47 Å². The van der Waals surface area contributed by atoms with Crippen LogP contribution in [0.15, 0.2) is 72.3 Å². The molecular weight excluding hydrogens is 508 g/mol. The van der Waals surface area contributed by atoms with Crippen LogP contribution in [0.5, 0.6) is 11.5 Å². The van der Waals surface area contributed by atoms with Crippen LogP contribution in [0.4, 0.5) is 21.9 Å². The Morgan fingerprint density at radius 2 is 1.79 bits per heavy atom. The summed E-state index contributed by atoms with van der Waals surface area (Å²) in [5.74, 6) is -1.71. The number of amides is 5. The number of barbiturate groups is 1. The Morgan fingerprint density at radius 1 is 1.05 bits per heavy atom. The fourth-order valence-corrected chi connectivity index (χ4v) is 3.74. The minimum Gasteiger partial charge on any atom is -0.493 e. The molecule has 1 fully saturated rings. The van der Waals surface area contributed by atoms with Gasteiger partial charge in [-0.05, 0) is 60.5 Å². The molecule has 4 rings (SSSR count). The van der Waals surface area contributed by atoms with Gasteiger partial charge >= 0.3 is 6.03 Å². The Labute approximate surface area is 222 Å². The van der Waals surface area contributed by atoms with Crippen molar-refractivity contribution >= 4 is 46.9 Å². The molecule has 1 saturated heterocycles. The van der Waals surface area contributed by atoms with Gasteiger partial charge in [-0.25, -0.2) is 9.69 Å². The number of carbonyl (C=O) groups excluding carboxylic acids is 4. The van der Waals surface area contributed by atoms with E-state index < -0.39 is 22.8 Å². The topological polar surface area (TPSA) is 157 Å². The fraction of sp³-hybridized carbons (Fsp3) is 0.111. The minimum atomic E-state index is -0.985. The number of anilines is 2. The lowest BCUT2D eigenvalue weighted by molar-refractivity contribution is -0.384. The van der Waals surface area contributed by atoms with Crippen LogP contribution in [0.2, 0.25) is 0 Å². The Balaban J connectivity index is 1.51. The molecular formula is C27H22N4O8.